The minimum absolute atomic E-state index is 0.339. The first-order valence-electron chi connectivity index (χ1n) is 7.30. The van der Waals surface area contributed by atoms with Crippen LogP contribution in [0.3, 0.4) is 0 Å². The average molecular weight is 262 g/mol. The average Bonchev–Trinajstić information content (AvgIpc) is 2.49. The highest BCUT2D eigenvalue weighted by atomic mass is 14.4. The Kier molecular flexibility index (Phi) is 3.64. The van der Waals surface area contributed by atoms with Gasteiger partial charge in [-0.05, 0) is 37.1 Å². The topological polar surface area (TPSA) is 44.6 Å². The van der Waals surface area contributed by atoms with E-state index in [0.717, 1.165) is 0 Å². The minimum atomic E-state index is 0.339. The molecule has 0 spiro atoms. The molecular weight excluding hydrogens is 244 g/mol. The predicted octanol–water partition coefficient (Wildman–Crippen LogP) is 4.21. The summed E-state index contributed by atoms with van der Waals surface area (Å²) in [6.45, 7) is 0. The van der Waals surface area contributed by atoms with Crippen molar-refractivity contribution in [1.29, 1.82) is 0 Å². The van der Waals surface area contributed by atoms with Gasteiger partial charge in [0.25, 0.3) is 0 Å². The van der Waals surface area contributed by atoms with Crippen molar-refractivity contribution in [2.75, 3.05) is 0 Å². The lowest BCUT2D eigenvalue weighted by Crippen LogP contribution is -2.18. The van der Waals surface area contributed by atoms with Gasteiger partial charge in [0.05, 0.1) is 11.1 Å². The van der Waals surface area contributed by atoms with Gasteiger partial charge >= 0.3 is 0 Å². The molecule has 0 saturated heterocycles. The summed E-state index contributed by atoms with van der Waals surface area (Å²) in [5.74, 6) is 1.23. The van der Waals surface area contributed by atoms with Gasteiger partial charge in [0.1, 0.15) is 0 Å². The fourth-order valence-corrected chi connectivity index (χ4v) is 3.25. The molecule has 0 unspecified atom stereocenters. The lowest BCUT2D eigenvalue weighted by Gasteiger charge is -2.27. The van der Waals surface area contributed by atoms with E-state index in [1.165, 1.54) is 36.8 Å². The zero-order chi connectivity index (χ0) is 13.9. The van der Waals surface area contributed by atoms with Crippen LogP contribution in [0.1, 0.15) is 25.7 Å². The zero-order valence-electron chi connectivity index (χ0n) is 11.5. The first kappa shape index (κ1) is 13.0. The summed E-state index contributed by atoms with van der Waals surface area (Å²) in [7, 11) is 0. The largest absolute Gasteiger partial charge is 0.779 e. The smallest absolute Gasteiger partial charge is 0.0552 e. The van der Waals surface area contributed by atoms with Gasteiger partial charge in [0.2, 0.25) is 0 Å². The molecule has 3 aliphatic carbocycles. The molecule has 0 aliphatic heterocycles. The Morgan fingerprint density at radius 1 is 0.700 bits per heavy atom. The Hall–Kier alpha value is -1.96. The number of allylic oxidation sites excluding steroid dienone is 8. The van der Waals surface area contributed by atoms with Gasteiger partial charge in [0, 0.05) is 61.1 Å². The Labute approximate surface area is 121 Å². The Morgan fingerprint density at radius 2 is 1.10 bits per heavy atom. The van der Waals surface area contributed by atoms with Crippen LogP contribution in [-0.2, 0) is 0 Å². The van der Waals surface area contributed by atoms with Crippen LogP contribution in [0.25, 0.3) is 10.8 Å². The number of rotatable bonds is 2. The molecular formula is C18H18N2. The summed E-state index contributed by atoms with van der Waals surface area (Å²) in [6, 6.07) is 0. The maximum Gasteiger partial charge on any atom is 0.0552 e. The van der Waals surface area contributed by atoms with Gasteiger partial charge in [-0.1, -0.05) is 0 Å². The molecule has 0 bridgehead atoms. The zero-order valence-corrected chi connectivity index (χ0v) is 11.5. The summed E-state index contributed by atoms with van der Waals surface area (Å²) < 4.78 is 0. The second-order valence-electron chi connectivity index (χ2n) is 5.73. The van der Waals surface area contributed by atoms with E-state index in [0.29, 0.717) is 23.3 Å². The third-order valence-electron chi connectivity index (χ3n) is 4.46. The molecule has 2 heteroatoms. The fraction of sp³-hybridized carbons (Fsp3) is 0.333. The van der Waals surface area contributed by atoms with Crippen molar-refractivity contribution < 1.29 is 0 Å². The Morgan fingerprint density at radius 3 is 1.40 bits per heavy atom. The van der Waals surface area contributed by atoms with Crippen LogP contribution in [-0.4, -0.2) is 11.4 Å². The summed E-state index contributed by atoms with van der Waals surface area (Å²) >= 11 is 0. The summed E-state index contributed by atoms with van der Waals surface area (Å²) in [6.07, 6.45) is 20.0. The van der Waals surface area contributed by atoms with Gasteiger partial charge < -0.3 is 10.8 Å². The molecule has 2 nitrogen and oxygen atoms in total. The van der Waals surface area contributed by atoms with Gasteiger partial charge in [-0.2, -0.15) is 0 Å². The van der Waals surface area contributed by atoms with E-state index in [4.69, 9.17) is 0 Å². The first-order chi connectivity index (χ1) is 9.72. The highest BCUT2D eigenvalue weighted by Gasteiger charge is 2.30. The van der Waals surface area contributed by atoms with Crippen LogP contribution >= 0.6 is 0 Å². The van der Waals surface area contributed by atoms with Crippen LogP contribution < -0.4 is 0 Å². The monoisotopic (exact) mass is 262 g/mol. The van der Waals surface area contributed by atoms with E-state index in [2.05, 4.69) is 0 Å². The molecule has 0 amide bonds. The molecule has 100 valence electrons. The predicted molar refractivity (Wildman–Crippen MR) is 85.2 cm³/mol. The van der Waals surface area contributed by atoms with Crippen LogP contribution in [0.4, 0.5) is 0 Å². The molecule has 0 radical (unpaired) electrons. The third kappa shape index (κ3) is 2.79. The number of hydrogen-bond donors (Lipinski definition) is 0. The Bertz CT molecular complexity index is 488. The molecule has 0 aromatic heterocycles. The lowest BCUT2D eigenvalue weighted by atomic mass is 9.74. The molecule has 0 heterocycles. The quantitative estimate of drug-likeness (QED) is 0.669. The van der Waals surface area contributed by atoms with Crippen molar-refractivity contribution in [3.63, 3.8) is 0 Å². The number of nitrogens with zero attached hydrogens (tertiary/aromatic N) is 2. The third-order valence-corrected chi connectivity index (χ3v) is 4.46. The maximum absolute atomic E-state index is 9.35. The highest BCUT2D eigenvalue weighted by molar-refractivity contribution is 6.07. The van der Waals surface area contributed by atoms with Gasteiger partial charge in [-0.15, -0.1) is 0 Å². The molecule has 0 aromatic rings. The molecule has 3 rings (SSSR count). The van der Waals surface area contributed by atoms with Crippen molar-refractivity contribution in [2.45, 2.75) is 25.7 Å². The molecule has 0 atom stereocenters. The van der Waals surface area contributed by atoms with E-state index < -0.39 is 0 Å². The minimum Gasteiger partial charge on any atom is -0.779 e. The molecule has 1 saturated carbocycles. The summed E-state index contributed by atoms with van der Waals surface area (Å²) in [5, 5.41) is 18.7. The van der Waals surface area contributed by atoms with Crippen LogP contribution in [0.15, 0.2) is 47.6 Å². The van der Waals surface area contributed by atoms with E-state index >= 15 is 0 Å². The van der Waals surface area contributed by atoms with Crippen molar-refractivity contribution in [3.05, 3.63) is 71.3 Å². The molecule has 0 aromatic carbocycles. The van der Waals surface area contributed by atoms with Crippen LogP contribution in [0.5, 0.6) is 0 Å². The van der Waals surface area contributed by atoms with Crippen molar-refractivity contribution in [1.82, 2.24) is 0 Å². The normalized spacial score (nSPS) is 29.4. The standard InChI is InChI=1S/C18H18N2/c19-17-9-5-15(6-10-17)13-1-2-14(4-3-13)16-7-11-18(20)12-8-16/h5-14H,1-4H2. The second-order valence-corrected chi connectivity index (χ2v) is 5.73. The maximum atomic E-state index is 9.35. The van der Waals surface area contributed by atoms with Gasteiger partial charge in [0.15, 0.2) is 0 Å². The number of hydrogen-bond acceptors (Lipinski definition) is 0. The van der Waals surface area contributed by atoms with Crippen molar-refractivity contribution in [2.24, 2.45) is 11.8 Å². The first-order valence-corrected chi connectivity index (χ1v) is 7.30. The van der Waals surface area contributed by atoms with Crippen LogP contribution in [0, 0.1) is 24.7 Å². The van der Waals surface area contributed by atoms with E-state index in [9.17, 15) is 10.8 Å². The highest BCUT2D eigenvalue weighted by Crippen LogP contribution is 2.38. The molecule has 20 heavy (non-hydrogen) atoms. The fourth-order valence-electron chi connectivity index (χ4n) is 3.25. The van der Waals surface area contributed by atoms with Crippen molar-refractivity contribution >= 4 is 11.4 Å². The second kappa shape index (κ2) is 5.58. The SMILES string of the molecule is [N-]=C1C=CC(C2CCC(C3=C[CH+]C(=[N-])C=C3)CC2)=C[CH+]1. The summed E-state index contributed by atoms with van der Waals surface area (Å²) in [5.41, 5.74) is 3.36. The summed E-state index contributed by atoms with van der Waals surface area (Å²) in [4.78, 5) is 0. The van der Waals surface area contributed by atoms with E-state index in [1.54, 1.807) is 25.0 Å². The van der Waals surface area contributed by atoms with Crippen molar-refractivity contribution in [3.8, 4) is 0 Å². The lowest BCUT2D eigenvalue weighted by molar-refractivity contribution is 0.340. The van der Waals surface area contributed by atoms with E-state index in [-0.39, 0.29) is 0 Å². The Balaban J connectivity index is 1.58. The molecule has 1 fully saturated rings. The molecule has 0 N–H and O–H groups in total. The van der Waals surface area contributed by atoms with Gasteiger partial charge in [-0.3, -0.25) is 0 Å². The van der Waals surface area contributed by atoms with Crippen LogP contribution in [0.2, 0.25) is 0 Å². The van der Waals surface area contributed by atoms with E-state index in [1.807, 2.05) is 24.3 Å². The van der Waals surface area contributed by atoms with Gasteiger partial charge in [-0.25, -0.2) is 0 Å². The molecule has 3 aliphatic rings.